The van der Waals surface area contributed by atoms with Crippen LogP contribution in [0.4, 0.5) is 0 Å². The first-order valence-electron chi connectivity index (χ1n) is 23.6. The van der Waals surface area contributed by atoms with Gasteiger partial charge in [0, 0.05) is 19.3 Å². The normalized spacial score (nSPS) is 12.8. The second-order valence-corrected chi connectivity index (χ2v) is 17.4. The van der Waals surface area contributed by atoms with Crippen molar-refractivity contribution in [2.45, 2.75) is 244 Å². The Hall–Kier alpha value is -1.67. The number of carboxylic acids is 1. The molecule has 0 aromatic carbocycles. The maximum Gasteiger partial charge on any atom is 0.362 e. The molecule has 1 N–H and O–H groups in total. The largest absolute Gasteiger partial charge is 0.477 e. The molecule has 0 spiro atoms. The predicted molar refractivity (Wildman–Crippen MR) is 229 cm³/mol. The van der Waals surface area contributed by atoms with E-state index in [1.807, 2.05) is 21.1 Å². The summed E-state index contributed by atoms with van der Waals surface area (Å²) in [6, 6.07) is -0.608. The van der Waals surface area contributed by atoms with Crippen LogP contribution in [0.5, 0.6) is 0 Å². The van der Waals surface area contributed by atoms with E-state index in [1.165, 1.54) is 161 Å². The van der Waals surface area contributed by atoms with E-state index in [0.717, 1.165) is 38.5 Å². The summed E-state index contributed by atoms with van der Waals surface area (Å²) in [6.45, 7) is 4.78. The van der Waals surface area contributed by atoms with E-state index in [-0.39, 0.29) is 36.2 Å². The molecule has 0 saturated carbocycles. The van der Waals surface area contributed by atoms with Crippen molar-refractivity contribution in [3.63, 3.8) is 0 Å². The van der Waals surface area contributed by atoms with Gasteiger partial charge in [0.15, 0.2) is 12.1 Å². The van der Waals surface area contributed by atoms with Crippen molar-refractivity contribution in [1.29, 1.82) is 0 Å². The van der Waals surface area contributed by atoms with E-state index >= 15 is 0 Å². The van der Waals surface area contributed by atoms with Gasteiger partial charge in [-0.05, 0) is 12.8 Å². The van der Waals surface area contributed by atoms with E-state index in [9.17, 15) is 19.5 Å². The Morgan fingerprint density at radius 3 is 1.13 bits per heavy atom. The van der Waals surface area contributed by atoms with Crippen LogP contribution >= 0.6 is 0 Å². The maximum atomic E-state index is 12.7. The highest BCUT2D eigenvalue weighted by Gasteiger charge is 2.31. The Labute approximate surface area is 340 Å². The smallest absolute Gasteiger partial charge is 0.362 e. The molecule has 0 aromatic heterocycles. The van der Waals surface area contributed by atoms with Crippen molar-refractivity contribution < 1.29 is 38.2 Å². The third-order valence-electron chi connectivity index (χ3n) is 11.0. The average molecular weight is 783 g/mol. The minimum Gasteiger partial charge on any atom is -0.477 e. The number of esters is 2. The van der Waals surface area contributed by atoms with Gasteiger partial charge in [-0.2, -0.15) is 0 Å². The molecule has 0 aliphatic carbocycles. The number of nitrogens with zero attached hydrogens (tertiary/aromatic N) is 1. The fraction of sp³-hybridized carbons (Fsp3) is 0.936. The summed E-state index contributed by atoms with van der Waals surface area (Å²) < 4.78 is 17.3. The molecule has 0 fully saturated rings. The Bertz CT molecular complexity index is 874. The molecule has 0 amide bonds. The van der Waals surface area contributed by atoms with Gasteiger partial charge in [-0.25, -0.2) is 4.79 Å². The number of ether oxygens (including phenoxy) is 3. The fourth-order valence-electron chi connectivity index (χ4n) is 7.33. The van der Waals surface area contributed by atoms with Crippen LogP contribution in [0.15, 0.2) is 0 Å². The molecule has 2 unspecified atom stereocenters. The van der Waals surface area contributed by atoms with Crippen molar-refractivity contribution in [3.05, 3.63) is 0 Å². The van der Waals surface area contributed by atoms with Crippen LogP contribution in [0, 0.1) is 0 Å². The Kier molecular flexibility index (Phi) is 38.0. The Balaban J connectivity index is 4.23. The van der Waals surface area contributed by atoms with Crippen molar-refractivity contribution in [2.75, 3.05) is 41.0 Å². The SMILES string of the molecule is CCCCCCCCCCCCCCCCCCCCC(=O)OCC(COCCC(C(=O)O)[N+](C)(C)C)OC(=O)CCCCCCCCCCCCCCC. The molecule has 0 aliphatic rings. The van der Waals surface area contributed by atoms with Gasteiger partial charge in [-0.1, -0.05) is 200 Å². The summed E-state index contributed by atoms with van der Waals surface area (Å²) in [4.78, 5) is 37.0. The first-order chi connectivity index (χ1) is 26.6. The lowest BCUT2D eigenvalue weighted by atomic mass is 10.0. The number of carbonyl (C=O) groups is 3. The van der Waals surface area contributed by atoms with Gasteiger partial charge in [-0.15, -0.1) is 0 Å². The molecular formula is C47H92NO7+. The van der Waals surface area contributed by atoms with Crippen molar-refractivity contribution in [3.8, 4) is 0 Å². The van der Waals surface area contributed by atoms with Crippen molar-refractivity contribution in [1.82, 2.24) is 0 Å². The summed E-state index contributed by atoms with van der Waals surface area (Å²) in [7, 11) is 5.54. The second kappa shape index (κ2) is 39.2. The lowest BCUT2D eigenvalue weighted by Crippen LogP contribution is -2.50. The molecule has 0 aromatic rings. The minimum absolute atomic E-state index is 0.0417. The first-order valence-corrected chi connectivity index (χ1v) is 23.6. The summed E-state index contributed by atoms with van der Waals surface area (Å²) >= 11 is 0. The molecular weight excluding hydrogens is 691 g/mol. The van der Waals surface area contributed by atoms with Crippen LogP contribution < -0.4 is 0 Å². The average Bonchev–Trinajstić information content (AvgIpc) is 3.14. The number of quaternary nitrogens is 1. The molecule has 0 aliphatic heterocycles. The molecule has 8 heteroatoms. The van der Waals surface area contributed by atoms with Gasteiger partial charge in [0.1, 0.15) is 6.61 Å². The van der Waals surface area contributed by atoms with Gasteiger partial charge in [0.2, 0.25) is 0 Å². The maximum absolute atomic E-state index is 12.7. The molecule has 55 heavy (non-hydrogen) atoms. The first kappa shape index (κ1) is 53.3. The molecule has 0 saturated heterocycles. The Morgan fingerprint density at radius 2 is 0.800 bits per heavy atom. The van der Waals surface area contributed by atoms with Gasteiger partial charge in [0.05, 0.1) is 34.4 Å². The number of carbonyl (C=O) groups excluding carboxylic acids is 2. The summed E-state index contributed by atoms with van der Waals surface area (Å²) in [6.07, 6.45) is 40.0. The molecule has 326 valence electrons. The zero-order valence-corrected chi connectivity index (χ0v) is 37.2. The number of unbranched alkanes of at least 4 members (excludes halogenated alkanes) is 29. The minimum atomic E-state index is -0.870. The summed E-state index contributed by atoms with van der Waals surface area (Å²) in [5.41, 5.74) is 0. The molecule has 2 atom stereocenters. The molecule has 0 heterocycles. The van der Waals surface area contributed by atoms with E-state index in [0.29, 0.717) is 19.3 Å². The van der Waals surface area contributed by atoms with Crippen LogP contribution in [-0.2, 0) is 28.6 Å². The van der Waals surface area contributed by atoms with E-state index < -0.39 is 18.1 Å². The zero-order valence-electron chi connectivity index (χ0n) is 37.2. The number of aliphatic carboxylic acids is 1. The van der Waals surface area contributed by atoms with Gasteiger partial charge >= 0.3 is 17.9 Å². The standard InChI is InChI=1S/C47H91NO7/c1-6-8-10-12-14-16-18-20-21-22-23-24-26-27-29-31-33-35-37-45(49)54-42-43(41-53-40-39-44(47(51)52)48(3,4)5)55-46(50)38-36-34-32-30-28-25-19-17-15-13-11-9-7-2/h43-44H,6-42H2,1-5H3/p+1. The fourth-order valence-corrected chi connectivity index (χ4v) is 7.33. The highest BCUT2D eigenvalue weighted by Crippen LogP contribution is 2.16. The number of hydrogen-bond donors (Lipinski definition) is 1. The highest BCUT2D eigenvalue weighted by molar-refractivity contribution is 5.72. The van der Waals surface area contributed by atoms with Crippen LogP contribution in [0.1, 0.15) is 232 Å². The zero-order chi connectivity index (χ0) is 40.7. The van der Waals surface area contributed by atoms with Gasteiger partial charge in [0.25, 0.3) is 0 Å². The van der Waals surface area contributed by atoms with Gasteiger partial charge < -0.3 is 23.8 Å². The lowest BCUT2D eigenvalue weighted by Gasteiger charge is -2.31. The highest BCUT2D eigenvalue weighted by atomic mass is 16.6. The summed E-state index contributed by atoms with van der Waals surface area (Å²) in [5.74, 6) is -1.44. The van der Waals surface area contributed by atoms with E-state index in [2.05, 4.69) is 13.8 Å². The Morgan fingerprint density at radius 1 is 0.473 bits per heavy atom. The summed E-state index contributed by atoms with van der Waals surface area (Å²) in [5, 5.41) is 9.62. The quantitative estimate of drug-likeness (QED) is 0.0373. The predicted octanol–water partition coefficient (Wildman–Crippen LogP) is 12.9. The molecule has 0 rings (SSSR count). The lowest BCUT2D eigenvalue weighted by molar-refractivity contribution is -0.887. The monoisotopic (exact) mass is 783 g/mol. The third-order valence-corrected chi connectivity index (χ3v) is 11.0. The number of carboxylic acid groups (broad SMARTS) is 1. The van der Waals surface area contributed by atoms with Crippen LogP contribution in [-0.4, -0.2) is 80.6 Å². The van der Waals surface area contributed by atoms with Crippen molar-refractivity contribution in [2.24, 2.45) is 0 Å². The van der Waals surface area contributed by atoms with Crippen LogP contribution in [0.25, 0.3) is 0 Å². The number of likely N-dealkylation sites (N-methyl/N-ethyl adjacent to an activating group) is 1. The number of rotatable bonds is 43. The molecule has 0 bridgehead atoms. The van der Waals surface area contributed by atoms with Crippen LogP contribution in [0.3, 0.4) is 0 Å². The molecule has 0 radical (unpaired) electrons. The third kappa shape index (κ3) is 37.7. The second-order valence-electron chi connectivity index (χ2n) is 17.4. The van der Waals surface area contributed by atoms with Crippen molar-refractivity contribution >= 4 is 17.9 Å². The number of hydrogen-bond acceptors (Lipinski definition) is 6. The topological polar surface area (TPSA) is 99.1 Å². The molecule has 8 nitrogen and oxygen atoms in total. The van der Waals surface area contributed by atoms with E-state index in [4.69, 9.17) is 14.2 Å². The van der Waals surface area contributed by atoms with E-state index in [1.54, 1.807) is 0 Å². The van der Waals surface area contributed by atoms with Gasteiger partial charge in [-0.3, -0.25) is 9.59 Å². The van der Waals surface area contributed by atoms with Crippen LogP contribution in [0.2, 0.25) is 0 Å².